The molecule has 26 heavy (non-hydrogen) atoms. The SMILES string of the molecule is COc1cc(C(=O)NC(=O)Nc2ccc(C)c(F)c2)cc(OC)c1OC. The van der Waals surface area contributed by atoms with Crippen LogP contribution >= 0.6 is 0 Å². The summed E-state index contributed by atoms with van der Waals surface area (Å²) < 4.78 is 29.0. The molecule has 0 aromatic heterocycles. The highest BCUT2D eigenvalue weighted by Gasteiger charge is 2.18. The fourth-order valence-corrected chi connectivity index (χ4v) is 2.22. The Morgan fingerprint density at radius 3 is 2.08 bits per heavy atom. The van der Waals surface area contributed by atoms with Crippen molar-refractivity contribution in [1.82, 2.24) is 5.32 Å². The number of halogens is 1. The summed E-state index contributed by atoms with van der Waals surface area (Å²) in [5.74, 6) is -0.268. The van der Waals surface area contributed by atoms with E-state index < -0.39 is 17.8 Å². The molecule has 0 saturated heterocycles. The minimum atomic E-state index is -0.799. The average Bonchev–Trinajstić information content (AvgIpc) is 2.63. The number of hydrogen-bond acceptors (Lipinski definition) is 5. The predicted octanol–water partition coefficient (Wildman–Crippen LogP) is 3.12. The molecule has 0 heterocycles. The van der Waals surface area contributed by atoms with E-state index in [0.29, 0.717) is 11.3 Å². The summed E-state index contributed by atoms with van der Waals surface area (Å²) in [5, 5.41) is 4.55. The van der Waals surface area contributed by atoms with Gasteiger partial charge in [-0.3, -0.25) is 10.1 Å². The van der Waals surface area contributed by atoms with E-state index in [1.165, 1.54) is 51.7 Å². The number of nitrogens with one attached hydrogen (secondary N) is 2. The molecular formula is C18H19FN2O5. The number of carbonyl (C=O) groups is 2. The Bertz CT molecular complexity index is 813. The lowest BCUT2D eigenvalue weighted by molar-refractivity contribution is 0.0966. The Labute approximate surface area is 150 Å². The van der Waals surface area contributed by atoms with Crippen molar-refractivity contribution in [2.75, 3.05) is 26.6 Å². The van der Waals surface area contributed by atoms with E-state index in [4.69, 9.17) is 14.2 Å². The van der Waals surface area contributed by atoms with Gasteiger partial charge in [-0.2, -0.15) is 0 Å². The highest BCUT2D eigenvalue weighted by Crippen LogP contribution is 2.38. The molecular weight excluding hydrogens is 343 g/mol. The van der Waals surface area contributed by atoms with Gasteiger partial charge < -0.3 is 19.5 Å². The second kappa shape index (κ2) is 8.19. The van der Waals surface area contributed by atoms with Gasteiger partial charge in [0.05, 0.1) is 21.3 Å². The summed E-state index contributed by atoms with van der Waals surface area (Å²) in [6.07, 6.45) is 0. The molecule has 0 aliphatic rings. The van der Waals surface area contributed by atoms with Gasteiger partial charge in [0.15, 0.2) is 11.5 Å². The second-order valence-electron chi connectivity index (χ2n) is 5.29. The molecule has 0 bridgehead atoms. The van der Waals surface area contributed by atoms with Crippen LogP contribution in [-0.4, -0.2) is 33.3 Å². The molecule has 0 aliphatic heterocycles. The Hall–Kier alpha value is -3.29. The van der Waals surface area contributed by atoms with Crippen molar-refractivity contribution in [3.63, 3.8) is 0 Å². The normalized spacial score (nSPS) is 10.0. The van der Waals surface area contributed by atoms with Crippen molar-refractivity contribution < 1.29 is 28.2 Å². The number of hydrogen-bond donors (Lipinski definition) is 2. The van der Waals surface area contributed by atoms with Crippen LogP contribution in [0, 0.1) is 12.7 Å². The molecule has 0 aliphatic carbocycles. The topological polar surface area (TPSA) is 85.9 Å². The van der Waals surface area contributed by atoms with Crippen LogP contribution in [0.2, 0.25) is 0 Å². The van der Waals surface area contributed by atoms with Crippen molar-refractivity contribution in [2.45, 2.75) is 6.92 Å². The third-order valence-corrected chi connectivity index (χ3v) is 3.58. The number of ether oxygens (including phenoxy) is 3. The summed E-state index contributed by atoms with van der Waals surface area (Å²) in [6.45, 7) is 1.60. The fourth-order valence-electron chi connectivity index (χ4n) is 2.22. The van der Waals surface area contributed by atoms with Crippen LogP contribution in [0.1, 0.15) is 15.9 Å². The zero-order valence-electron chi connectivity index (χ0n) is 14.8. The number of amides is 3. The first-order valence-corrected chi connectivity index (χ1v) is 7.58. The molecule has 8 heteroatoms. The number of aryl methyl sites for hydroxylation is 1. The van der Waals surface area contributed by atoms with Gasteiger partial charge in [-0.1, -0.05) is 6.07 Å². The second-order valence-corrected chi connectivity index (χ2v) is 5.29. The summed E-state index contributed by atoms with van der Waals surface area (Å²) in [5.41, 5.74) is 0.803. The number of carbonyl (C=O) groups excluding carboxylic acids is 2. The van der Waals surface area contributed by atoms with Crippen LogP contribution < -0.4 is 24.8 Å². The number of rotatable bonds is 5. The number of imide groups is 1. The lowest BCUT2D eigenvalue weighted by atomic mass is 10.1. The molecule has 0 unspecified atom stereocenters. The molecule has 2 N–H and O–H groups in total. The van der Waals surface area contributed by atoms with Crippen LogP contribution in [-0.2, 0) is 0 Å². The summed E-state index contributed by atoms with van der Waals surface area (Å²) in [6, 6.07) is 6.24. The minimum Gasteiger partial charge on any atom is -0.493 e. The lowest BCUT2D eigenvalue weighted by Crippen LogP contribution is -2.34. The molecule has 2 rings (SSSR count). The smallest absolute Gasteiger partial charge is 0.326 e. The first kappa shape index (κ1) is 19.0. The molecule has 0 saturated carbocycles. The molecule has 2 aromatic rings. The van der Waals surface area contributed by atoms with Crippen molar-refractivity contribution in [2.24, 2.45) is 0 Å². The molecule has 0 radical (unpaired) electrons. The van der Waals surface area contributed by atoms with Crippen molar-refractivity contribution >= 4 is 17.6 Å². The summed E-state index contributed by atoms with van der Waals surface area (Å²) in [7, 11) is 4.27. The summed E-state index contributed by atoms with van der Waals surface area (Å²) in [4.78, 5) is 24.3. The zero-order valence-corrected chi connectivity index (χ0v) is 14.8. The van der Waals surface area contributed by atoms with E-state index in [2.05, 4.69) is 10.6 Å². The molecule has 138 valence electrons. The maximum Gasteiger partial charge on any atom is 0.326 e. The van der Waals surface area contributed by atoms with Gasteiger partial charge in [0.25, 0.3) is 5.91 Å². The van der Waals surface area contributed by atoms with E-state index in [9.17, 15) is 14.0 Å². The average molecular weight is 362 g/mol. The standard InChI is InChI=1S/C18H19FN2O5/c1-10-5-6-12(9-13(10)19)20-18(23)21-17(22)11-7-14(24-2)16(26-4)15(8-11)25-3/h5-9H,1-4H3,(H2,20,21,22,23). The molecule has 0 spiro atoms. The Kier molecular flexibility index (Phi) is 6.00. The van der Waals surface area contributed by atoms with Gasteiger partial charge in [-0.15, -0.1) is 0 Å². The zero-order chi connectivity index (χ0) is 19.3. The monoisotopic (exact) mass is 362 g/mol. The van der Waals surface area contributed by atoms with Crippen LogP contribution in [0.25, 0.3) is 0 Å². The third-order valence-electron chi connectivity index (χ3n) is 3.58. The lowest BCUT2D eigenvalue weighted by Gasteiger charge is -2.14. The van der Waals surface area contributed by atoms with E-state index in [1.54, 1.807) is 6.92 Å². The molecule has 0 atom stereocenters. The first-order valence-electron chi connectivity index (χ1n) is 7.58. The van der Waals surface area contributed by atoms with E-state index >= 15 is 0 Å². The van der Waals surface area contributed by atoms with Gasteiger partial charge in [0, 0.05) is 11.3 Å². The van der Waals surface area contributed by atoms with Crippen LogP contribution in [0.15, 0.2) is 30.3 Å². The maximum atomic E-state index is 13.5. The summed E-state index contributed by atoms with van der Waals surface area (Å²) >= 11 is 0. The van der Waals surface area contributed by atoms with E-state index in [0.717, 1.165) is 0 Å². The largest absolute Gasteiger partial charge is 0.493 e. The van der Waals surface area contributed by atoms with Gasteiger partial charge in [0.1, 0.15) is 5.82 Å². The number of benzene rings is 2. The van der Waals surface area contributed by atoms with E-state index in [-0.39, 0.29) is 22.7 Å². The molecule has 7 nitrogen and oxygen atoms in total. The van der Waals surface area contributed by atoms with Crippen LogP contribution in [0.5, 0.6) is 17.2 Å². The molecule has 0 fully saturated rings. The highest BCUT2D eigenvalue weighted by atomic mass is 19.1. The van der Waals surface area contributed by atoms with Gasteiger partial charge in [-0.25, -0.2) is 9.18 Å². The Balaban J connectivity index is 2.15. The predicted molar refractivity (Wildman–Crippen MR) is 93.7 cm³/mol. The number of urea groups is 1. The first-order chi connectivity index (χ1) is 12.4. The maximum absolute atomic E-state index is 13.5. The van der Waals surface area contributed by atoms with E-state index in [1.807, 2.05) is 0 Å². The minimum absolute atomic E-state index is 0.129. The highest BCUT2D eigenvalue weighted by molar-refractivity contribution is 6.08. The number of methoxy groups -OCH3 is 3. The van der Waals surface area contributed by atoms with Crippen molar-refractivity contribution in [3.05, 3.63) is 47.3 Å². The van der Waals surface area contributed by atoms with Crippen molar-refractivity contribution in [1.29, 1.82) is 0 Å². The Morgan fingerprint density at radius 2 is 1.58 bits per heavy atom. The van der Waals surface area contributed by atoms with Gasteiger partial charge in [-0.05, 0) is 36.8 Å². The quantitative estimate of drug-likeness (QED) is 0.854. The Morgan fingerprint density at radius 1 is 0.962 bits per heavy atom. The van der Waals surface area contributed by atoms with Gasteiger partial charge >= 0.3 is 6.03 Å². The van der Waals surface area contributed by atoms with Gasteiger partial charge in [0.2, 0.25) is 5.75 Å². The van der Waals surface area contributed by atoms with Crippen LogP contribution in [0.4, 0.5) is 14.9 Å². The number of anilines is 1. The third kappa shape index (κ3) is 4.21. The van der Waals surface area contributed by atoms with Crippen LogP contribution in [0.3, 0.4) is 0 Å². The fraction of sp³-hybridized carbons (Fsp3) is 0.222. The molecule has 3 amide bonds. The van der Waals surface area contributed by atoms with Crippen molar-refractivity contribution in [3.8, 4) is 17.2 Å². The molecule has 2 aromatic carbocycles.